The van der Waals surface area contributed by atoms with Crippen LogP contribution in [-0.2, 0) is 6.42 Å². The lowest BCUT2D eigenvalue weighted by molar-refractivity contribution is 0.971. The summed E-state index contributed by atoms with van der Waals surface area (Å²) in [5.74, 6) is 0.482. The molecule has 0 aliphatic carbocycles. The van der Waals surface area contributed by atoms with Gasteiger partial charge >= 0.3 is 0 Å². The summed E-state index contributed by atoms with van der Waals surface area (Å²) >= 11 is 7.54. The van der Waals surface area contributed by atoms with Gasteiger partial charge in [-0.05, 0) is 41.8 Å². The van der Waals surface area contributed by atoms with Crippen LogP contribution in [0.15, 0.2) is 71.5 Å². The Labute approximate surface area is 183 Å². The molecule has 2 aromatic heterocycles. The molecule has 148 valence electrons. The SMILES string of the molecule is N#C/C(=C1/NC(c2cccc(Cl)c2)=CS1)c1ccnc(NCCc2cccnc2)n1. The molecule has 30 heavy (non-hydrogen) atoms. The Balaban J connectivity index is 1.47. The number of nitrogens with one attached hydrogen (secondary N) is 2. The van der Waals surface area contributed by atoms with Gasteiger partial charge in [0, 0.05) is 35.6 Å². The number of halogens is 1. The first kappa shape index (κ1) is 20.0. The molecule has 0 radical (unpaired) electrons. The Kier molecular flexibility index (Phi) is 6.28. The monoisotopic (exact) mass is 432 g/mol. The van der Waals surface area contributed by atoms with Crippen molar-refractivity contribution < 1.29 is 0 Å². The number of rotatable bonds is 6. The minimum atomic E-state index is 0.464. The number of anilines is 1. The van der Waals surface area contributed by atoms with Crippen molar-refractivity contribution in [2.75, 3.05) is 11.9 Å². The van der Waals surface area contributed by atoms with Crippen molar-refractivity contribution in [2.24, 2.45) is 0 Å². The van der Waals surface area contributed by atoms with Crippen LogP contribution in [0.4, 0.5) is 5.95 Å². The zero-order valence-electron chi connectivity index (χ0n) is 15.8. The minimum Gasteiger partial charge on any atom is -0.354 e. The average Bonchev–Trinajstić information content (AvgIpc) is 3.25. The lowest BCUT2D eigenvalue weighted by Crippen LogP contribution is -2.10. The third kappa shape index (κ3) is 4.79. The molecule has 4 rings (SSSR count). The van der Waals surface area contributed by atoms with E-state index >= 15 is 0 Å². The first-order valence-electron chi connectivity index (χ1n) is 9.23. The van der Waals surface area contributed by atoms with Crippen LogP contribution in [0.3, 0.4) is 0 Å². The molecular formula is C22H17ClN6S. The predicted octanol–water partition coefficient (Wildman–Crippen LogP) is 4.71. The first-order valence-corrected chi connectivity index (χ1v) is 10.5. The van der Waals surface area contributed by atoms with E-state index in [-0.39, 0.29) is 0 Å². The Hall–Kier alpha value is -3.34. The molecule has 0 bridgehead atoms. The van der Waals surface area contributed by atoms with Crippen LogP contribution >= 0.6 is 23.4 Å². The molecule has 0 fully saturated rings. The van der Waals surface area contributed by atoms with Gasteiger partial charge in [0.2, 0.25) is 5.95 Å². The number of nitrogens with zero attached hydrogens (tertiary/aromatic N) is 4. The molecule has 0 unspecified atom stereocenters. The minimum absolute atomic E-state index is 0.464. The highest BCUT2D eigenvalue weighted by Gasteiger charge is 2.18. The second kappa shape index (κ2) is 9.44. The van der Waals surface area contributed by atoms with Gasteiger partial charge in [-0.1, -0.05) is 41.6 Å². The number of nitriles is 1. The molecule has 3 heterocycles. The van der Waals surface area contributed by atoms with E-state index in [1.165, 1.54) is 11.8 Å². The van der Waals surface area contributed by atoms with E-state index in [2.05, 4.69) is 31.7 Å². The summed E-state index contributed by atoms with van der Waals surface area (Å²) in [6.07, 6.45) is 6.04. The van der Waals surface area contributed by atoms with Crippen molar-refractivity contribution in [3.63, 3.8) is 0 Å². The van der Waals surface area contributed by atoms with Crippen LogP contribution in [0.1, 0.15) is 16.8 Å². The molecule has 0 amide bonds. The van der Waals surface area contributed by atoms with Crippen LogP contribution in [0, 0.1) is 11.3 Å². The first-order chi connectivity index (χ1) is 14.7. The van der Waals surface area contributed by atoms with Gasteiger partial charge in [-0.2, -0.15) is 5.26 Å². The van der Waals surface area contributed by atoms with Crippen LogP contribution in [-0.4, -0.2) is 21.5 Å². The fourth-order valence-electron chi connectivity index (χ4n) is 2.89. The fourth-order valence-corrected chi connectivity index (χ4v) is 3.95. The summed E-state index contributed by atoms with van der Waals surface area (Å²) in [6, 6.07) is 15.5. The third-order valence-corrected chi connectivity index (χ3v) is 5.48. The number of hydrogen-bond donors (Lipinski definition) is 2. The maximum Gasteiger partial charge on any atom is 0.223 e. The molecule has 0 spiro atoms. The summed E-state index contributed by atoms with van der Waals surface area (Å²) in [7, 11) is 0. The zero-order chi connectivity index (χ0) is 20.8. The second-order valence-corrected chi connectivity index (χ2v) is 7.72. The van der Waals surface area contributed by atoms with E-state index in [0.717, 1.165) is 28.3 Å². The Morgan fingerprint density at radius 3 is 2.93 bits per heavy atom. The van der Waals surface area contributed by atoms with E-state index in [0.29, 0.717) is 28.8 Å². The summed E-state index contributed by atoms with van der Waals surface area (Å²) in [4.78, 5) is 12.9. The average molecular weight is 433 g/mol. The molecule has 2 N–H and O–H groups in total. The number of aromatic nitrogens is 3. The molecule has 8 heteroatoms. The highest BCUT2D eigenvalue weighted by atomic mass is 35.5. The zero-order valence-corrected chi connectivity index (χ0v) is 17.4. The second-order valence-electron chi connectivity index (χ2n) is 6.40. The summed E-state index contributed by atoms with van der Waals surface area (Å²) in [5, 5.41) is 19.6. The Bertz CT molecular complexity index is 1150. The van der Waals surface area contributed by atoms with Crippen LogP contribution in [0.2, 0.25) is 5.02 Å². The highest BCUT2D eigenvalue weighted by Crippen LogP contribution is 2.35. The van der Waals surface area contributed by atoms with Gasteiger partial charge in [-0.15, -0.1) is 0 Å². The summed E-state index contributed by atoms with van der Waals surface area (Å²) < 4.78 is 0. The standard InChI is InChI=1S/C22H17ClN6S/c23-17-5-1-4-16(11-17)20-14-30-21(28-20)18(12-24)19-7-10-27-22(29-19)26-9-6-15-3-2-8-25-13-15/h1-5,7-8,10-11,13-14,28H,6,9H2,(H,26,27,29)/b21-18+. The van der Waals surface area contributed by atoms with Crippen molar-refractivity contribution in [3.05, 3.63) is 93.3 Å². The van der Waals surface area contributed by atoms with Gasteiger partial charge in [0.15, 0.2) is 0 Å². The molecule has 1 aliphatic heterocycles. The van der Waals surface area contributed by atoms with Crippen LogP contribution < -0.4 is 10.6 Å². The van der Waals surface area contributed by atoms with Crippen molar-refractivity contribution in [1.29, 1.82) is 5.26 Å². The largest absolute Gasteiger partial charge is 0.354 e. The van der Waals surface area contributed by atoms with Crippen molar-refractivity contribution in [2.45, 2.75) is 6.42 Å². The van der Waals surface area contributed by atoms with Gasteiger partial charge < -0.3 is 10.6 Å². The molecule has 6 nitrogen and oxygen atoms in total. The molecule has 1 aromatic carbocycles. The third-order valence-electron chi connectivity index (χ3n) is 4.35. The predicted molar refractivity (Wildman–Crippen MR) is 121 cm³/mol. The number of allylic oxidation sites excluding steroid dienone is 1. The van der Waals surface area contributed by atoms with Crippen molar-refractivity contribution in [3.8, 4) is 6.07 Å². The number of benzene rings is 1. The van der Waals surface area contributed by atoms with E-state index in [1.807, 2.05) is 48.0 Å². The fraction of sp³-hybridized carbons (Fsp3) is 0.0909. The lowest BCUT2D eigenvalue weighted by Gasteiger charge is -2.09. The van der Waals surface area contributed by atoms with E-state index in [1.54, 1.807) is 18.5 Å². The maximum absolute atomic E-state index is 9.76. The molecular weight excluding hydrogens is 416 g/mol. The molecule has 1 aliphatic rings. The topological polar surface area (TPSA) is 86.5 Å². The van der Waals surface area contributed by atoms with Gasteiger partial charge in [0.05, 0.1) is 16.4 Å². The normalized spacial score (nSPS) is 14.5. The lowest BCUT2D eigenvalue weighted by atomic mass is 10.1. The Morgan fingerprint density at radius 2 is 2.13 bits per heavy atom. The maximum atomic E-state index is 9.76. The van der Waals surface area contributed by atoms with Crippen molar-refractivity contribution >= 4 is 40.6 Å². The van der Waals surface area contributed by atoms with Crippen LogP contribution in [0.25, 0.3) is 11.3 Å². The van der Waals surface area contributed by atoms with E-state index < -0.39 is 0 Å². The van der Waals surface area contributed by atoms with Crippen LogP contribution in [0.5, 0.6) is 0 Å². The Morgan fingerprint density at radius 1 is 1.20 bits per heavy atom. The highest BCUT2D eigenvalue weighted by molar-refractivity contribution is 8.06. The smallest absolute Gasteiger partial charge is 0.223 e. The van der Waals surface area contributed by atoms with Gasteiger partial charge in [0.1, 0.15) is 11.6 Å². The van der Waals surface area contributed by atoms with E-state index in [9.17, 15) is 5.26 Å². The molecule has 3 aromatic rings. The van der Waals surface area contributed by atoms with Crippen molar-refractivity contribution in [1.82, 2.24) is 20.3 Å². The molecule has 0 saturated heterocycles. The number of pyridine rings is 1. The number of hydrogen-bond acceptors (Lipinski definition) is 7. The van der Waals surface area contributed by atoms with Gasteiger partial charge in [-0.3, -0.25) is 4.98 Å². The molecule has 0 atom stereocenters. The van der Waals surface area contributed by atoms with E-state index in [4.69, 9.17) is 11.6 Å². The number of thioether (sulfide) groups is 1. The van der Waals surface area contributed by atoms with Gasteiger partial charge in [-0.25, -0.2) is 9.97 Å². The summed E-state index contributed by atoms with van der Waals surface area (Å²) in [6.45, 7) is 0.668. The quantitative estimate of drug-likeness (QED) is 0.545. The van der Waals surface area contributed by atoms with Gasteiger partial charge in [0.25, 0.3) is 0 Å². The summed E-state index contributed by atoms with van der Waals surface area (Å²) in [5.41, 5.74) is 4.02. The molecule has 0 saturated carbocycles.